The average molecular weight is 379 g/mol. The van der Waals surface area contributed by atoms with Crippen LogP contribution >= 0.6 is 11.6 Å². The lowest BCUT2D eigenvalue weighted by molar-refractivity contribution is 0.0332. The van der Waals surface area contributed by atoms with Gasteiger partial charge in [-0.1, -0.05) is 11.6 Å². The minimum atomic E-state index is -0.0960. The SMILES string of the molecule is COc1ccc(Cl)cc1C(=O)NC1C[C@H]2CC[C@H](C1)N2CC1CCCO1. The molecule has 4 rings (SSSR count). The summed E-state index contributed by atoms with van der Waals surface area (Å²) < 4.78 is 11.1. The van der Waals surface area contributed by atoms with Crippen molar-refractivity contribution < 1.29 is 14.3 Å². The van der Waals surface area contributed by atoms with Crippen LogP contribution in [0.3, 0.4) is 0 Å². The molecule has 2 bridgehead atoms. The van der Waals surface area contributed by atoms with Crippen molar-refractivity contribution in [2.24, 2.45) is 0 Å². The fraction of sp³-hybridized carbons (Fsp3) is 0.650. The lowest BCUT2D eigenvalue weighted by Crippen LogP contribution is -2.52. The Bertz CT molecular complexity index is 648. The van der Waals surface area contributed by atoms with Gasteiger partial charge in [0.2, 0.25) is 0 Å². The molecule has 1 N–H and O–H groups in total. The van der Waals surface area contributed by atoms with E-state index in [0.717, 1.165) is 26.0 Å². The molecule has 3 aliphatic heterocycles. The first kappa shape index (κ1) is 18.1. The zero-order valence-electron chi connectivity index (χ0n) is 15.2. The van der Waals surface area contributed by atoms with Crippen molar-refractivity contribution in [3.8, 4) is 5.75 Å². The normalized spacial score (nSPS) is 31.2. The average Bonchev–Trinajstić information content (AvgIpc) is 3.22. The molecule has 6 heteroatoms. The van der Waals surface area contributed by atoms with Crippen molar-refractivity contribution in [1.29, 1.82) is 0 Å². The molecule has 0 spiro atoms. The van der Waals surface area contributed by atoms with Gasteiger partial charge in [0.15, 0.2) is 0 Å². The molecule has 1 unspecified atom stereocenters. The van der Waals surface area contributed by atoms with E-state index in [1.54, 1.807) is 25.3 Å². The summed E-state index contributed by atoms with van der Waals surface area (Å²) in [6.07, 6.45) is 7.25. The van der Waals surface area contributed by atoms with Gasteiger partial charge < -0.3 is 14.8 Å². The lowest BCUT2D eigenvalue weighted by Gasteiger charge is -2.40. The lowest BCUT2D eigenvalue weighted by atomic mass is 9.96. The molecule has 26 heavy (non-hydrogen) atoms. The number of piperidine rings is 1. The van der Waals surface area contributed by atoms with Gasteiger partial charge in [-0.15, -0.1) is 0 Å². The Balaban J connectivity index is 1.38. The van der Waals surface area contributed by atoms with Gasteiger partial charge >= 0.3 is 0 Å². The number of amides is 1. The van der Waals surface area contributed by atoms with Crippen LogP contribution in [0, 0.1) is 0 Å². The van der Waals surface area contributed by atoms with Gasteiger partial charge in [-0.25, -0.2) is 0 Å². The quantitative estimate of drug-likeness (QED) is 0.854. The number of carbonyl (C=O) groups is 1. The highest BCUT2D eigenvalue weighted by Gasteiger charge is 2.42. The second kappa shape index (κ2) is 7.75. The number of fused-ring (bicyclic) bond motifs is 2. The highest BCUT2D eigenvalue weighted by atomic mass is 35.5. The van der Waals surface area contributed by atoms with Gasteiger partial charge in [-0.2, -0.15) is 0 Å². The highest BCUT2D eigenvalue weighted by Crippen LogP contribution is 2.37. The molecule has 1 aromatic carbocycles. The summed E-state index contributed by atoms with van der Waals surface area (Å²) >= 11 is 6.06. The standard InChI is InChI=1S/C20H27ClN2O3/c1-25-19-7-4-13(21)9-18(19)20(24)22-14-10-15-5-6-16(11-14)23(15)12-17-3-2-8-26-17/h4,7,9,14-17H,2-3,5-6,8,10-12H2,1H3,(H,22,24)/t15-,16-,17?/m1/s1. The first-order valence-corrected chi connectivity index (χ1v) is 10.0. The molecule has 1 aromatic rings. The van der Waals surface area contributed by atoms with Crippen molar-refractivity contribution in [2.75, 3.05) is 20.3 Å². The van der Waals surface area contributed by atoms with Crippen LogP contribution in [-0.2, 0) is 4.74 Å². The monoisotopic (exact) mass is 378 g/mol. The zero-order valence-corrected chi connectivity index (χ0v) is 16.0. The Hall–Kier alpha value is -1.30. The van der Waals surface area contributed by atoms with Gasteiger partial charge in [0.25, 0.3) is 5.91 Å². The molecule has 0 aliphatic carbocycles. The molecule has 0 aromatic heterocycles. The minimum Gasteiger partial charge on any atom is -0.496 e. The molecular weight excluding hydrogens is 352 g/mol. The predicted octanol–water partition coefficient (Wildman–Crippen LogP) is 3.25. The number of ether oxygens (including phenoxy) is 2. The third kappa shape index (κ3) is 3.71. The third-order valence-electron chi connectivity index (χ3n) is 6.06. The number of nitrogens with one attached hydrogen (secondary N) is 1. The molecule has 142 valence electrons. The Kier molecular flexibility index (Phi) is 5.39. The predicted molar refractivity (Wildman–Crippen MR) is 101 cm³/mol. The van der Waals surface area contributed by atoms with E-state index in [2.05, 4.69) is 10.2 Å². The van der Waals surface area contributed by atoms with Crippen LogP contribution in [0.2, 0.25) is 5.02 Å². The van der Waals surface area contributed by atoms with Crippen LogP contribution in [0.1, 0.15) is 48.9 Å². The summed E-state index contributed by atoms with van der Waals surface area (Å²) in [4.78, 5) is 15.4. The Morgan fingerprint density at radius 1 is 1.31 bits per heavy atom. The van der Waals surface area contributed by atoms with Gasteiger partial charge in [0.1, 0.15) is 5.75 Å². The molecule has 1 amide bonds. The number of hydrogen-bond donors (Lipinski definition) is 1. The van der Waals surface area contributed by atoms with Gasteiger partial charge in [-0.3, -0.25) is 9.69 Å². The summed E-state index contributed by atoms with van der Waals surface area (Å²) in [5, 5.41) is 3.76. The maximum Gasteiger partial charge on any atom is 0.255 e. The number of hydrogen-bond acceptors (Lipinski definition) is 4. The summed E-state index contributed by atoms with van der Waals surface area (Å²) in [5.74, 6) is 0.465. The van der Waals surface area contributed by atoms with Crippen LogP contribution in [0.25, 0.3) is 0 Å². The fourth-order valence-corrected chi connectivity index (χ4v) is 5.01. The van der Waals surface area contributed by atoms with E-state index in [9.17, 15) is 4.79 Å². The second-order valence-electron chi connectivity index (χ2n) is 7.70. The van der Waals surface area contributed by atoms with Gasteiger partial charge in [-0.05, 0) is 56.7 Å². The van der Waals surface area contributed by atoms with Crippen molar-refractivity contribution in [3.63, 3.8) is 0 Å². The Labute approximate surface area is 160 Å². The fourth-order valence-electron chi connectivity index (χ4n) is 4.83. The van der Waals surface area contributed by atoms with Crippen LogP contribution in [0.15, 0.2) is 18.2 Å². The smallest absolute Gasteiger partial charge is 0.255 e. The Morgan fingerprint density at radius 2 is 2.08 bits per heavy atom. The van der Waals surface area contributed by atoms with E-state index < -0.39 is 0 Å². The largest absolute Gasteiger partial charge is 0.496 e. The number of methoxy groups -OCH3 is 1. The van der Waals surface area contributed by atoms with Crippen LogP contribution in [-0.4, -0.2) is 55.3 Å². The van der Waals surface area contributed by atoms with Crippen LogP contribution in [0.5, 0.6) is 5.75 Å². The highest BCUT2D eigenvalue weighted by molar-refractivity contribution is 6.31. The molecule has 3 saturated heterocycles. The molecule has 3 aliphatic rings. The topological polar surface area (TPSA) is 50.8 Å². The molecular formula is C20H27ClN2O3. The van der Waals surface area contributed by atoms with E-state index in [-0.39, 0.29) is 11.9 Å². The van der Waals surface area contributed by atoms with E-state index in [1.807, 2.05) is 0 Å². The number of halogens is 1. The molecule has 5 nitrogen and oxygen atoms in total. The molecule has 3 atom stereocenters. The first-order valence-electron chi connectivity index (χ1n) is 9.66. The van der Waals surface area contributed by atoms with Crippen molar-refractivity contribution in [1.82, 2.24) is 10.2 Å². The molecule has 0 saturated carbocycles. The van der Waals surface area contributed by atoms with Crippen molar-refractivity contribution in [2.45, 2.75) is 62.8 Å². The van der Waals surface area contributed by atoms with E-state index in [4.69, 9.17) is 21.1 Å². The number of benzene rings is 1. The number of nitrogens with zero attached hydrogens (tertiary/aromatic N) is 1. The number of rotatable bonds is 5. The van der Waals surface area contributed by atoms with E-state index in [0.29, 0.717) is 34.5 Å². The summed E-state index contributed by atoms with van der Waals surface area (Å²) in [6, 6.07) is 6.49. The summed E-state index contributed by atoms with van der Waals surface area (Å²) in [6.45, 7) is 1.96. The molecule has 3 heterocycles. The maximum atomic E-state index is 12.8. The summed E-state index contributed by atoms with van der Waals surface area (Å²) in [5.41, 5.74) is 0.508. The van der Waals surface area contributed by atoms with Crippen molar-refractivity contribution >= 4 is 17.5 Å². The summed E-state index contributed by atoms with van der Waals surface area (Å²) in [7, 11) is 1.57. The third-order valence-corrected chi connectivity index (χ3v) is 6.30. The first-order chi connectivity index (χ1) is 12.6. The Morgan fingerprint density at radius 3 is 2.73 bits per heavy atom. The number of carbonyl (C=O) groups excluding carboxylic acids is 1. The van der Waals surface area contributed by atoms with Crippen LogP contribution < -0.4 is 10.1 Å². The second-order valence-corrected chi connectivity index (χ2v) is 8.14. The van der Waals surface area contributed by atoms with E-state index in [1.165, 1.54) is 25.7 Å². The van der Waals surface area contributed by atoms with Gasteiger partial charge in [0.05, 0.1) is 18.8 Å². The van der Waals surface area contributed by atoms with E-state index >= 15 is 0 Å². The molecule has 3 fully saturated rings. The van der Waals surface area contributed by atoms with Crippen LogP contribution in [0.4, 0.5) is 0 Å². The zero-order chi connectivity index (χ0) is 18.1. The maximum absolute atomic E-state index is 12.8. The molecule has 0 radical (unpaired) electrons. The minimum absolute atomic E-state index is 0.0960. The van der Waals surface area contributed by atoms with Gasteiger partial charge in [0, 0.05) is 36.3 Å². The van der Waals surface area contributed by atoms with Crippen molar-refractivity contribution in [3.05, 3.63) is 28.8 Å².